The predicted octanol–water partition coefficient (Wildman–Crippen LogP) is 0.800. The fraction of sp³-hybridized carbons (Fsp3) is 0.308. The lowest BCUT2D eigenvalue weighted by atomic mass is 10.3. The van der Waals surface area contributed by atoms with E-state index in [9.17, 15) is 9.59 Å². The minimum Gasteiger partial charge on any atom is -0.347 e. The Morgan fingerprint density at radius 3 is 2.48 bits per heavy atom. The molecule has 1 aromatic carbocycles. The molecule has 0 saturated carbocycles. The second kappa shape index (κ2) is 6.49. The summed E-state index contributed by atoms with van der Waals surface area (Å²) in [5.74, 6) is -0.529. The largest absolute Gasteiger partial charge is 0.347 e. The van der Waals surface area contributed by atoms with E-state index in [0.717, 1.165) is 17.4 Å². The van der Waals surface area contributed by atoms with E-state index in [0.29, 0.717) is 0 Å². The van der Waals surface area contributed by atoms with Crippen molar-refractivity contribution in [1.82, 2.24) is 25.1 Å². The molecule has 0 aliphatic heterocycles. The van der Waals surface area contributed by atoms with Gasteiger partial charge in [0.2, 0.25) is 11.1 Å². The zero-order valence-electron chi connectivity index (χ0n) is 11.9. The van der Waals surface area contributed by atoms with Gasteiger partial charge in [0, 0.05) is 14.1 Å². The third-order valence-corrected chi connectivity index (χ3v) is 3.78. The van der Waals surface area contributed by atoms with Crippen molar-refractivity contribution in [2.24, 2.45) is 0 Å². The van der Waals surface area contributed by atoms with E-state index in [-0.39, 0.29) is 16.8 Å². The SMILES string of the molecule is CC(=O)[C@H](Sc1nnn(-c2ccccc2)n1)C(=O)N(C)C. The van der Waals surface area contributed by atoms with E-state index in [1.165, 1.54) is 16.6 Å². The molecule has 0 N–H and O–H groups in total. The summed E-state index contributed by atoms with van der Waals surface area (Å²) >= 11 is 1.00. The fourth-order valence-electron chi connectivity index (χ4n) is 1.57. The van der Waals surface area contributed by atoms with Crippen molar-refractivity contribution < 1.29 is 9.59 Å². The molecule has 1 amide bonds. The maximum Gasteiger partial charge on any atom is 0.243 e. The zero-order chi connectivity index (χ0) is 15.4. The van der Waals surface area contributed by atoms with E-state index < -0.39 is 5.25 Å². The van der Waals surface area contributed by atoms with E-state index in [2.05, 4.69) is 15.4 Å². The van der Waals surface area contributed by atoms with Crippen LogP contribution in [0.25, 0.3) is 5.69 Å². The third-order valence-electron chi connectivity index (χ3n) is 2.64. The quantitative estimate of drug-likeness (QED) is 0.600. The lowest BCUT2D eigenvalue weighted by Crippen LogP contribution is -2.36. The minimum atomic E-state index is -0.853. The second-order valence-electron chi connectivity index (χ2n) is 4.54. The van der Waals surface area contributed by atoms with Gasteiger partial charge in [-0.1, -0.05) is 30.0 Å². The number of Topliss-reactive ketones (excluding diaryl/α,β-unsaturated/α-hetero) is 1. The molecule has 110 valence electrons. The fourth-order valence-corrected chi connectivity index (χ4v) is 2.46. The Morgan fingerprint density at radius 1 is 1.24 bits per heavy atom. The molecule has 0 spiro atoms. The summed E-state index contributed by atoms with van der Waals surface area (Å²) < 4.78 is 0. The smallest absolute Gasteiger partial charge is 0.243 e. The molecule has 0 saturated heterocycles. The van der Waals surface area contributed by atoms with Gasteiger partial charge in [0.15, 0.2) is 5.78 Å². The van der Waals surface area contributed by atoms with Gasteiger partial charge in [-0.15, -0.1) is 15.0 Å². The summed E-state index contributed by atoms with van der Waals surface area (Å²) in [6.07, 6.45) is 0. The van der Waals surface area contributed by atoms with E-state index in [4.69, 9.17) is 0 Å². The molecule has 0 radical (unpaired) electrons. The van der Waals surface area contributed by atoms with Crippen LogP contribution in [0.3, 0.4) is 0 Å². The first-order chi connectivity index (χ1) is 9.99. The van der Waals surface area contributed by atoms with Gasteiger partial charge in [-0.3, -0.25) is 9.59 Å². The summed E-state index contributed by atoms with van der Waals surface area (Å²) in [7, 11) is 3.21. The number of aromatic nitrogens is 4. The van der Waals surface area contributed by atoms with Crippen LogP contribution in [0.1, 0.15) is 6.92 Å². The van der Waals surface area contributed by atoms with Crippen LogP contribution in [-0.2, 0) is 9.59 Å². The van der Waals surface area contributed by atoms with Gasteiger partial charge in [-0.05, 0) is 24.3 Å². The number of para-hydroxylation sites is 1. The van der Waals surface area contributed by atoms with Crippen LogP contribution in [0.4, 0.5) is 0 Å². The first-order valence-corrected chi connectivity index (χ1v) is 7.10. The molecule has 2 rings (SSSR count). The zero-order valence-corrected chi connectivity index (χ0v) is 12.7. The number of thioether (sulfide) groups is 1. The molecule has 1 aromatic heterocycles. The number of rotatable bonds is 5. The van der Waals surface area contributed by atoms with Crippen LogP contribution in [0, 0.1) is 0 Å². The predicted molar refractivity (Wildman–Crippen MR) is 78.2 cm³/mol. The normalized spacial score (nSPS) is 12.0. The van der Waals surface area contributed by atoms with Crippen molar-refractivity contribution in [3.8, 4) is 5.69 Å². The van der Waals surface area contributed by atoms with Crippen LogP contribution in [0.5, 0.6) is 0 Å². The van der Waals surface area contributed by atoms with Crippen LogP contribution in [0.2, 0.25) is 0 Å². The van der Waals surface area contributed by atoms with Crippen LogP contribution < -0.4 is 0 Å². The molecule has 2 aromatic rings. The van der Waals surface area contributed by atoms with Crippen molar-refractivity contribution in [3.63, 3.8) is 0 Å². The van der Waals surface area contributed by atoms with Crippen LogP contribution >= 0.6 is 11.8 Å². The number of tetrazole rings is 1. The Labute approximate surface area is 126 Å². The van der Waals surface area contributed by atoms with Crippen molar-refractivity contribution in [3.05, 3.63) is 30.3 Å². The van der Waals surface area contributed by atoms with Crippen LogP contribution in [-0.4, -0.2) is 56.1 Å². The van der Waals surface area contributed by atoms with Crippen molar-refractivity contribution in [1.29, 1.82) is 0 Å². The first kappa shape index (κ1) is 15.2. The summed E-state index contributed by atoms with van der Waals surface area (Å²) in [5, 5.41) is 11.4. The highest BCUT2D eigenvalue weighted by molar-refractivity contribution is 8.01. The number of carbonyl (C=O) groups excluding carboxylic acids is 2. The molecule has 0 aliphatic rings. The molecule has 0 bridgehead atoms. The number of carbonyl (C=O) groups is 2. The Kier molecular flexibility index (Phi) is 4.69. The van der Waals surface area contributed by atoms with Gasteiger partial charge in [0.05, 0.1) is 5.69 Å². The highest BCUT2D eigenvalue weighted by atomic mass is 32.2. The van der Waals surface area contributed by atoms with Gasteiger partial charge in [-0.2, -0.15) is 0 Å². The standard InChI is InChI=1S/C13H15N5O2S/c1-9(19)11(12(20)17(2)3)21-13-14-16-18(15-13)10-7-5-4-6-8-10/h4-8,11H,1-3H3/t11-/m0/s1. The van der Waals surface area contributed by atoms with E-state index >= 15 is 0 Å². The number of amides is 1. The van der Waals surface area contributed by atoms with Crippen molar-refractivity contribution in [2.45, 2.75) is 17.3 Å². The molecule has 7 nitrogen and oxygen atoms in total. The van der Waals surface area contributed by atoms with Gasteiger partial charge < -0.3 is 4.90 Å². The van der Waals surface area contributed by atoms with Gasteiger partial charge in [0.1, 0.15) is 5.25 Å². The average Bonchev–Trinajstić information content (AvgIpc) is 2.93. The molecule has 0 fully saturated rings. The molecule has 1 atom stereocenters. The Morgan fingerprint density at radius 2 is 1.90 bits per heavy atom. The lowest BCUT2D eigenvalue weighted by Gasteiger charge is -2.16. The van der Waals surface area contributed by atoms with Crippen LogP contribution in [0.15, 0.2) is 35.5 Å². The first-order valence-electron chi connectivity index (χ1n) is 6.22. The molecular formula is C13H15N5O2S. The maximum atomic E-state index is 12.0. The van der Waals surface area contributed by atoms with Gasteiger partial charge in [0.25, 0.3) is 0 Å². The number of hydrogen-bond acceptors (Lipinski definition) is 6. The monoisotopic (exact) mass is 305 g/mol. The van der Waals surface area contributed by atoms with E-state index in [1.54, 1.807) is 14.1 Å². The molecule has 8 heteroatoms. The Bertz CT molecular complexity index is 641. The number of ketones is 1. The minimum absolute atomic E-state index is 0.241. The molecule has 0 unspecified atom stereocenters. The summed E-state index contributed by atoms with van der Waals surface area (Å²) in [6.45, 7) is 1.38. The highest BCUT2D eigenvalue weighted by Crippen LogP contribution is 2.21. The average molecular weight is 305 g/mol. The lowest BCUT2D eigenvalue weighted by molar-refractivity contribution is -0.132. The maximum absolute atomic E-state index is 12.0. The van der Waals surface area contributed by atoms with Crippen molar-refractivity contribution in [2.75, 3.05) is 14.1 Å². The molecular weight excluding hydrogens is 290 g/mol. The summed E-state index contributed by atoms with van der Waals surface area (Å²) in [6, 6.07) is 9.28. The van der Waals surface area contributed by atoms with E-state index in [1.807, 2.05) is 30.3 Å². The summed E-state index contributed by atoms with van der Waals surface area (Å²) in [4.78, 5) is 26.3. The van der Waals surface area contributed by atoms with Gasteiger partial charge >= 0.3 is 0 Å². The number of benzene rings is 1. The number of nitrogens with zero attached hydrogens (tertiary/aromatic N) is 5. The van der Waals surface area contributed by atoms with Crippen molar-refractivity contribution >= 4 is 23.5 Å². The summed E-state index contributed by atoms with van der Waals surface area (Å²) in [5.41, 5.74) is 0.759. The second-order valence-corrected chi connectivity index (χ2v) is 5.61. The topological polar surface area (TPSA) is 81.0 Å². The third kappa shape index (κ3) is 3.66. The van der Waals surface area contributed by atoms with Gasteiger partial charge in [-0.25, -0.2) is 0 Å². The Balaban J connectivity index is 2.18. The molecule has 21 heavy (non-hydrogen) atoms. The highest BCUT2D eigenvalue weighted by Gasteiger charge is 2.28. The number of hydrogen-bond donors (Lipinski definition) is 0. The Hall–Kier alpha value is -2.22. The molecule has 1 heterocycles. The molecule has 0 aliphatic carbocycles.